The van der Waals surface area contributed by atoms with Gasteiger partial charge in [-0.2, -0.15) is 0 Å². The van der Waals surface area contributed by atoms with Crippen LogP contribution in [-0.2, 0) is 12.8 Å². The summed E-state index contributed by atoms with van der Waals surface area (Å²) in [7, 11) is 0. The maximum Gasteiger partial charge on any atom is 0.202 e. The van der Waals surface area contributed by atoms with Crippen molar-refractivity contribution in [2.75, 3.05) is 11.5 Å². The summed E-state index contributed by atoms with van der Waals surface area (Å²) in [6.07, 6.45) is 2.51. The lowest BCUT2D eigenvalue weighted by Crippen LogP contribution is -2.25. The number of carbonyl (C=O) groups excluding carboxylic acids is 2. The molecule has 0 aromatic heterocycles. The van der Waals surface area contributed by atoms with E-state index >= 15 is 0 Å². The highest BCUT2D eigenvalue weighted by Crippen LogP contribution is 2.44. The van der Waals surface area contributed by atoms with Gasteiger partial charge in [-0.15, -0.1) is 0 Å². The third-order valence-corrected chi connectivity index (χ3v) is 4.77. The Morgan fingerprint density at radius 3 is 1.42 bits per heavy atom. The number of phenols is 2. The molecule has 0 atom stereocenters. The molecule has 6 heteroatoms. The molecule has 3 rings (SSSR count). The van der Waals surface area contributed by atoms with Gasteiger partial charge in [0, 0.05) is 11.4 Å². The molecule has 0 saturated heterocycles. The second-order valence-electron chi connectivity index (χ2n) is 6.61. The quantitative estimate of drug-likeness (QED) is 0.421. The van der Waals surface area contributed by atoms with Crippen LogP contribution in [0.2, 0.25) is 0 Å². The Bertz CT molecular complexity index is 874. The van der Waals surface area contributed by atoms with Crippen molar-refractivity contribution in [2.24, 2.45) is 0 Å². The normalized spacial score (nSPS) is 12.8. The zero-order valence-corrected chi connectivity index (χ0v) is 14.8. The van der Waals surface area contributed by atoms with E-state index in [0.717, 1.165) is 12.8 Å². The van der Waals surface area contributed by atoms with Gasteiger partial charge in [0.05, 0.1) is 22.3 Å². The Labute approximate surface area is 151 Å². The molecule has 6 N–H and O–H groups in total. The van der Waals surface area contributed by atoms with E-state index in [1.165, 1.54) is 12.1 Å². The van der Waals surface area contributed by atoms with Crippen LogP contribution in [0.15, 0.2) is 12.1 Å². The van der Waals surface area contributed by atoms with E-state index in [4.69, 9.17) is 11.5 Å². The lowest BCUT2D eigenvalue weighted by molar-refractivity contribution is 0.0975. The monoisotopic (exact) mass is 354 g/mol. The van der Waals surface area contributed by atoms with Crippen molar-refractivity contribution in [1.29, 1.82) is 0 Å². The minimum absolute atomic E-state index is 0.0470. The Morgan fingerprint density at radius 1 is 0.731 bits per heavy atom. The highest BCUT2D eigenvalue weighted by molar-refractivity contribution is 6.33. The number of rotatable bonds is 4. The van der Waals surface area contributed by atoms with E-state index in [1.807, 2.05) is 13.8 Å². The number of ketones is 2. The molecule has 0 aliphatic heterocycles. The first-order chi connectivity index (χ1) is 12.3. The minimum Gasteiger partial charge on any atom is -0.507 e. The van der Waals surface area contributed by atoms with Crippen LogP contribution in [0.3, 0.4) is 0 Å². The van der Waals surface area contributed by atoms with E-state index in [2.05, 4.69) is 0 Å². The molecule has 1 aliphatic carbocycles. The molecular formula is C20H22N2O4. The summed E-state index contributed by atoms with van der Waals surface area (Å²) in [6.45, 7) is 3.86. The van der Waals surface area contributed by atoms with Crippen LogP contribution in [-0.4, -0.2) is 21.8 Å². The van der Waals surface area contributed by atoms with Crippen LogP contribution in [0, 0.1) is 0 Å². The van der Waals surface area contributed by atoms with Gasteiger partial charge in [-0.3, -0.25) is 9.59 Å². The molecule has 0 fully saturated rings. The van der Waals surface area contributed by atoms with Crippen molar-refractivity contribution < 1.29 is 19.8 Å². The van der Waals surface area contributed by atoms with Crippen LogP contribution < -0.4 is 11.5 Å². The fourth-order valence-electron chi connectivity index (χ4n) is 3.60. The summed E-state index contributed by atoms with van der Waals surface area (Å²) in [4.78, 5) is 26.1. The first kappa shape index (κ1) is 17.8. The molecule has 1 aliphatic rings. The van der Waals surface area contributed by atoms with Crippen LogP contribution >= 0.6 is 0 Å². The highest BCUT2D eigenvalue weighted by atomic mass is 16.3. The number of nitrogen functional groups attached to an aromatic ring is 2. The van der Waals surface area contributed by atoms with Crippen molar-refractivity contribution in [3.05, 3.63) is 45.5 Å². The summed E-state index contributed by atoms with van der Waals surface area (Å²) < 4.78 is 0. The number of hydrogen-bond donors (Lipinski definition) is 4. The number of phenolic OH excluding ortho intramolecular Hbond substituents is 2. The maximum atomic E-state index is 13.1. The molecule has 2 aromatic carbocycles. The van der Waals surface area contributed by atoms with Crippen molar-refractivity contribution in [3.63, 3.8) is 0 Å². The number of benzene rings is 2. The van der Waals surface area contributed by atoms with E-state index < -0.39 is 11.6 Å². The largest absolute Gasteiger partial charge is 0.507 e. The number of fused-ring (bicyclic) bond motifs is 2. The van der Waals surface area contributed by atoms with Gasteiger partial charge < -0.3 is 21.7 Å². The number of carbonyl (C=O) groups is 2. The number of anilines is 2. The van der Waals surface area contributed by atoms with E-state index in [-0.39, 0.29) is 45.1 Å². The van der Waals surface area contributed by atoms with Gasteiger partial charge in [0.1, 0.15) is 11.5 Å². The lowest BCUT2D eigenvalue weighted by Gasteiger charge is -2.24. The Hall–Kier alpha value is -3.02. The Balaban J connectivity index is 2.35. The molecule has 0 spiro atoms. The van der Waals surface area contributed by atoms with Crippen molar-refractivity contribution in [3.8, 4) is 11.5 Å². The molecule has 0 bridgehead atoms. The second kappa shape index (κ2) is 6.37. The van der Waals surface area contributed by atoms with Gasteiger partial charge in [0.2, 0.25) is 5.78 Å². The Morgan fingerprint density at radius 2 is 1.08 bits per heavy atom. The lowest BCUT2D eigenvalue weighted by atomic mass is 9.79. The standard InChI is InChI=1S/C20H22N2O4/c1-3-5-9-7-11(21)13-15(17(9)23)20(26)16-14(19(13)25)12(22)8-10(6-4-2)18(16)24/h7-8,23-24H,3-6,21-22H2,1-2H3. The molecule has 0 radical (unpaired) electrons. The fraction of sp³-hybridized carbons (Fsp3) is 0.300. The summed E-state index contributed by atoms with van der Waals surface area (Å²) in [5.41, 5.74) is 12.9. The van der Waals surface area contributed by atoms with Crippen molar-refractivity contribution in [1.82, 2.24) is 0 Å². The minimum atomic E-state index is -0.626. The second-order valence-corrected chi connectivity index (χ2v) is 6.61. The predicted molar refractivity (Wildman–Crippen MR) is 99.9 cm³/mol. The van der Waals surface area contributed by atoms with E-state index in [9.17, 15) is 19.8 Å². The van der Waals surface area contributed by atoms with Gasteiger partial charge in [0.15, 0.2) is 5.78 Å². The third kappa shape index (κ3) is 2.41. The number of aromatic hydroxyl groups is 2. The zero-order chi connectivity index (χ0) is 19.2. The van der Waals surface area contributed by atoms with E-state index in [0.29, 0.717) is 24.0 Å². The molecule has 0 heterocycles. The number of hydrogen-bond acceptors (Lipinski definition) is 6. The number of nitrogens with two attached hydrogens (primary N) is 2. The molecule has 2 aromatic rings. The third-order valence-electron chi connectivity index (χ3n) is 4.77. The summed E-state index contributed by atoms with van der Waals surface area (Å²) in [5.74, 6) is -1.68. The Kier molecular flexibility index (Phi) is 4.36. The van der Waals surface area contributed by atoms with Gasteiger partial charge >= 0.3 is 0 Å². The van der Waals surface area contributed by atoms with Gasteiger partial charge in [-0.05, 0) is 36.1 Å². The molecule has 6 nitrogen and oxygen atoms in total. The van der Waals surface area contributed by atoms with Crippen LogP contribution in [0.1, 0.15) is 69.7 Å². The average Bonchev–Trinajstić information content (AvgIpc) is 2.58. The molecular weight excluding hydrogens is 332 g/mol. The molecule has 0 unspecified atom stereocenters. The van der Waals surface area contributed by atoms with Crippen LogP contribution in [0.5, 0.6) is 11.5 Å². The molecule has 136 valence electrons. The van der Waals surface area contributed by atoms with Crippen LogP contribution in [0.4, 0.5) is 11.4 Å². The van der Waals surface area contributed by atoms with Gasteiger partial charge in [-0.1, -0.05) is 26.7 Å². The highest BCUT2D eigenvalue weighted by Gasteiger charge is 2.38. The van der Waals surface area contributed by atoms with Gasteiger partial charge in [0.25, 0.3) is 0 Å². The number of aryl methyl sites for hydroxylation is 2. The first-order valence-corrected chi connectivity index (χ1v) is 8.71. The van der Waals surface area contributed by atoms with Crippen LogP contribution in [0.25, 0.3) is 0 Å². The van der Waals surface area contributed by atoms with Crippen molar-refractivity contribution in [2.45, 2.75) is 39.5 Å². The molecule has 0 saturated carbocycles. The first-order valence-electron chi connectivity index (χ1n) is 8.71. The topological polar surface area (TPSA) is 127 Å². The SMILES string of the molecule is CCCc1cc(N)c2c(c1O)C(=O)c1c(O)c(CCC)cc(N)c1C2=O. The molecule has 0 amide bonds. The smallest absolute Gasteiger partial charge is 0.202 e. The van der Waals surface area contributed by atoms with E-state index in [1.54, 1.807) is 0 Å². The fourth-order valence-corrected chi connectivity index (χ4v) is 3.60. The predicted octanol–water partition coefficient (Wildman–Crippen LogP) is 2.94. The zero-order valence-electron chi connectivity index (χ0n) is 14.8. The molecule has 26 heavy (non-hydrogen) atoms. The van der Waals surface area contributed by atoms with Crippen molar-refractivity contribution >= 4 is 22.9 Å². The summed E-state index contributed by atoms with van der Waals surface area (Å²) >= 11 is 0. The average molecular weight is 354 g/mol. The summed E-state index contributed by atoms with van der Waals surface area (Å²) in [6, 6.07) is 3.05. The maximum absolute atomic E-state index is 13.1. The van der Waals surface area contributed by atoms with Gasteiger partial charge in [-0.25, -0.2) is 0 Å². The summed E-state index contributed by atoms with van der Waals surface area (Å²) in [5, 5.41) is 21.2.